The molecule has 0 spiro atoms. The van der Waals surface area contributed by atoms with Gasteiger partial charge < -0.3 is 14.0 Å². The minimum Gasteiger partial charge on any atom is -0.345 e. The van der Waals surface area contributed by atoms with Crippen molar-refractivity contribution in [2.75, 3.05) is 6.54 Å². The molecule has 1 atom stereocenters. The van der Waals surface area contributed by atoms with Crippen molar-refractivity contribution in [1.29, 1.82) is 0 Å². The third kappa shape index (κ3) is 3.59. The van der Waals surface area contributed by atoms with Crippen molar-refractivity contribution in [2.24, 2.45) is 0 Å². The average Bonchev–Trinajstić information content (AvgIpc) is 3.35. The van der Waals surface area contributed by atoms with Crippen molar-refractivity contribution >= 4 is 5.91 Å². The Bertz CT molecular complexity index is 945. The normalized spacial score (nSPS) is 16.2. The summed E-state index contributed by atoms with van der Waals surface area (Å²) in [7, 11) is 0. The fourth-order valence-corrected chi connectivity index (χ4v) is 4.03. The van der Waals surface area contributed by atoms with Crippen LogP contribution in [0.4, 0.5) is 0 Å². The summed E-state index contributed by atoms with van der Waals surface area (Å²) in [5.74, 6) is 1.39. The minimum absolute atomic E-state index is 0.169. The number of amides is 1. The quantitative estimate of drug-likeness (QED) is 0.646. The van der Waals surface area contributed by atoms with Crippen molar-refractivity contribution in [3.8, 4) is 11.4 Å². The maximum absolute atomic E-state index is 12.9. The van der Waals surface area contributed by atoms with Gasteiger partial charge in [-0.3, -0.25) is 4.79 Å². The molecule has 6 nitrogen and oxygen atoms in total. The number of rotatable bonds is 6. The van der Waals surface area contributed by atoms with Crippen LogP contribution in [0.2, 0.25) is 0 Å². The van der Waals surface area contributed by atoms with E-state index < -0.39 is 0 Å². The molecule has 1 amide bonds. The van der Waals surface area contributed by atoms with Crippen molar-refractivity contribution in [2.45, 2.75) is 52.1 Å². The highest BCUT2D eigenvalue weighted by Gasteiger charge is 2.29. The molecule has 4 rings (SSSR count). The number of fused-ring (bicyclic) bond motifs is 1. The molecule has 0 saturated heterocycles. The zero-order valence-corrected chi connectivity index (χ0v) is 16.5. The fourth-order valence-electron chi connectivity index (χ4n) is 4.03. The largest absolute Gasteiger partial charge is 0.345 e. The number of nitrogens with zero attached hydrogens (tertiary/aromatic N) is 4. The Hall–Kier alpha value is -2.89. The van der Waals surface area contributed by atoms with Crippen molar-refractivity contribution in [1.82, 2.24) is 19.6 Å². The number of aryl methyl sites for hydroxylation is 2. The lowest BCUT2D eigenvalue weighted by Crippen LogP contribution is -2.42. The lowest BCUT2D eigenvalue weighted by atomic mass is 10.1. The van der Waals surface area contributed by atoms with Gasteiger partial charge in [0, 0.05) is 42.9 Å². The molecule has 1 aromatic carbocycles. The van der Waals surface area contributed by atoms with E-state index in [1.54, 1.807) is 0 Å². The highest BCUT2D eigenvalue weighted by molar-refractivity contribution is 5.76. The molecule has 0 saturated carbocycles. The van der Waals surface area contributed by atoms with Crippen LogP contribution in [0.25, 0.3) is 11.4 Å². The number of benzene rings is 1. The van der Waals surface area contributed by atoms with Gasteiger partial charge in [0.05, 0.1) is 6.04 Å². The minimum atomic E-state index is 0.169. The first kappa shape index (κ1) is 18.5. The Morgan fingerprint density at radius 3 is 2.79 bits per heavy atom. The van der Waals surface area contributed by atoms with E-state index in [2.05, 4.69) is 40.7 Å². The van der Waals surface area contributed by atoms with Crippen LogP contribution in [0.1, 0.15) is 49.5 Å². The second-order valence-corrected chi connectivity index (χ2v) is 7.29. The maximum Gasteiger partial charge on any atom is 0.226 e. The third-order valence-electron chi connectivity index (χ3n) is 5.50. The lowest BCUT2D eigenvalue weighted by molar-refractivity contribution is -0.135. The van der Waals surface area contributed by atoms with Gasteiger partial charge in [-0.25, -0.2) is 0 Å². The van der Waals surface area contributed by atoms with Gasteiger partial charge in [0.15, 0.2) is 0 Å². The van der Waals surface area contributed by atoms with Crippen LogP contribution in [-0.4, -0.2) is 32.1 Å². The standard InChI is InChI=1S/C22H26N4O2/c1-3-18-19-13-12-16(2)25(19)14-15-26(18)21(27)11-7-10-20-23-22(24-28-20)17-8-5-4-6-9-17/h4-6,8-9,12-13,18H,3,7,10-11,14-15H2,1-2H3/t18-/m0/s1. The van der Waals surface area contributed by atoms with Crippen molar-refractivity contribution < 1.29 is 9.32 Å². The Balaban J connectivity index is 1.34. The van der Waals surface area contributed by atoms with Crippen LogP contribution in [0, 0.1) is 6.92 Å². The van der Waals surface area contributed by atoms with E-state index in [0.717, 1.165) is 25.1 Å². The van der Waals surface area contributed by atoms with Crippen LogP contribution < -0.4 is 0 Å². The van der Waals surface area contributed by atoms with Crippen LogP contribution in [0.3, 0.4) is 0 Å². The molecule has 1 aliphatic rings. The van der Waals surface area contributed by atoms with Gasteiger partial charge >= 0.3 is 0 Å². The van der Waals surface area contributed by atoms with E-state index in [-0.39, 0.29) is 11.9 Å². The third-order valence-corrected chi connectivity index (χ3v) is 5.50. The molecule has 3 heterocycles. The van der Waals surface area contributed by atoms with E-state index in [9.17, 15) is 4.79 Å². The molecule has 2 aromatic heterocycles. The second-order valence-electron chi connectivity index (χ2n) is 7.29. The topological polar surface area (TPSA) is 64.2 Å². The summed E-state index contributed by atoms with van der Waals surface area (Å²) >= 11 is 0. The molecule has 6 heteroatoms. The molecule has 0 fully saturated rings. The van der Waals surface area contributed by atoms with Crippen LogP contribution in [0.5, 0.6) is 0 Å². The molecule has 1 aliphatic heterocycles. The molecule has 0 unspecified atom stereocenters. The monoisotopic (exact) mass is 378 g/mol. The summed E-state index contributed by atoms with van der Waals surface area (Å²) in [6.45, 7) is 5.92. The van der Waals surface area contributed by atoms with Gasteiger partial charge in [-0.2, -0.15) is 4.98 Å². The van der Waals surface area contributed by atoms with Gasteiger partial charge in [-0.1, -0.05) is 42.4 Å². The number of carbonyl (C=O) groups excluding carboxylic acids is 1. The average molecular weight is 378 g/mol. The Morgan fingerprint density at radius 1 is 1.18 bits per heavy atom. The van der Waals surface area contributed by atoms with E-state index in [0.29, 0.717) is 31.0 Å². The number of hydrogen-bond donors (Lipinski definition) is 0. The van der Waals surface area contributed by atoms with Gasteiger partial charge in [0.25, 0.3) is 0 Å². The van der Waals surface area contributed by atoms with E-state index in [1.165, 1.54) is 11.4 Å². The summed E-state index contributed by atoms with van der Waals surface area (Å²) in [5, 5.41) is 4.04. The first-order valence-electron chi connectivity index (χ1n) is 10.0. The maximum atomic E-state index is 12.9. The molecule has 0 N–H and O–H groups in total. The summed E-state index contributed by atoms with van der Waals surface area (Å²) in [4.78, 5) is 19.3. The van der Waals surface area contributed by atoms with E-state index >= 15 is 0 Å². The molecule has 0 radical (unpaired) electrons. The Morgan fingerprint density at radius 2 is 2.00 bits per heavy atom. The summed E-state index contributed by atoms with van der Waals surface area (Å²) in [6, 6.07) is 14.2. The molecule has 0 aliphatic carbocycles. The summed E-state index contributed by atoms with van der Waals surface area (Å²) in [6.07, 6.45) is 2.76. The Labute approximate surface area is 165 Å². The molecular formula is C22H26N4O2. The molecular weight excluding hydrogens is 352 g/mol. The lowest BCUT2D eigenvalue weighted by Gasteiger charge is -2.37. The SMILES string of the molecule is CC[C@H]1c2ccc(C)n2CCN1C(=O)CCCc1nc(-c2ccccc2)no1. The smallest absolute Gasteiger partial charge is 0.226 e. The fraction of sp³-hybridized carbons (Fsp3) is 0.409. The first-order chi connectivity index (χ1) is 13.7. The summed E-state index contributed by atoms with van der Waals surface area (Å²) < 4.78 is 7.68. The number of aromatic nitrogens is 3. The Kier molecular flexibility index (Phi) is 5.28. The van der Waals surface area contributed by atoms with Gasteiger partial charge in [-0.15, -0.1) is 0 Å². The second kappa shape index (κ2) is 8.00. The van der Waals surface area contributed by atoms with Crippen molar-refractivity contribution in [3.05, 3.63) is 59.7 Å². The molecule has 3 aromatic rings. The van der Waals surface area contributed by atoms with Gasteiger partial charge in [-0.05, 0) is 31.9 Å². The first-order valence-corrected chi connectivity index (χ1v) is 10.0. The highest BCUT2D eigenvalue weighted by Crippen LogP contribution is 2.30. The number of hydrogen-bond acceptors (Lipinski definition) is 4. The van der Waals surface area contributed by atoms with Crippen molar-refractivity contribution in [3.63, 3.8) is 0 Å². The van der Waals surface area contributed by atoms with Gasteiger partial charge in [0.1, 0.15) is 0 Å². The van der Waals surface area contributed by atoms with E-state index in [1.807, 2.05) is 35.2 Å². The number of carbonyl (C=O) groups is 1. The zero-order valence-electron chi connectivity index (χ0n) is 16.5. The molecule has 0 bridgehead atoms. The summed E-state index contributed by atoms with van der Waals surface area (Å²) in [5.41, 5.74) is 3.46. The molecule has 146 valence electrons. The predicted octanol–water partition coefficient (Wildman–Crippen LogP) is 4.16. The van der Waals surface area contributed by atoms with Crippen LogP contribution >= 0.6 is 0 Å². The van der Waals surface area contributed by atoms with Gasteiger partial charge in [0.2, 0.25) is 17.6 Å². The predicted molar refractivity (Wildman–Crippen MR) is 107 cm³/mol. The van der Waals surface area contributed by atoms with E-state index in [4.69, 9.17) is 4.52 Å². The van der Waals surface area contributed by atoms with Crippen LogP contribution in [0.15, 0.2) is 47.0 Å². The molecule has 28 heavy (non-hydrogen) atoms. The van der Waals surface area contributed by atoms with Crippen LogP contribution in [-0.2, 0) is 17.8 Å². The highest BCUT2D eigenvalue weighted by atomic mass is 16.5. The zero-order chi connectivity index (χ0) is 19.5.